The first-order chi connectivity index (χ1) is 9.05. The van der Waals surface area contributed by atoms with E-state index in [0.29, 0.717) is 4.31 Å². The van der Waals surface area contributed by atoms with Gasteiger partial charge in [0.2, 0.25) is 10.0 Å². The normalized spacial score (nSPS) is 12.7. The molecule has 0 saturated heterocycles. The molecule has 20 heavy (non-hydrogen) atoms. The van der Waals surface area contributed by atoms with E-state index in [1.54, 1.807) is 0 Å². The summed E-state index contributed by atoms with van der Waals surface area (Å²) in [7, 11) is -3.08. The Morgan fingerprint density at radius 1 is 1.50 bits per heavy atom. The van der Waals surface area contributed by atoms with Gasteiger partial charge in [-0.25, -0.2) is 12.7 Å². The lowest BCUT2D eigenvalue weighted by Gasteiger charge is -2.19. The number of rotatable bonds is 5. The van der Waals surface area contributed by atoms with Gasteiger partial charge in [-0.15, -0.1) is 0 Å². The van der Waals surface area contributed by atoms with Crippen molar-refractivity contribution in [3.05, 3.63) is 24.0 Å². The molecule has 2 N–H and O–H groups in total. The van der Waals surface area contributed by atoms with Gasteiger partial charge < -0.3 is 5.73 Å². The highest BCUT2D eigenvalue weighted by atomic mass is 32.2. The van der Waals surface area contributed by atoms with Crippen molar-refractivity contribution in [3.8, 4) is 0 Å². The second kappa shape index (κ2) is 6.02. The molecule has 0 atom stereocenters. The first-order valence-electron chi connectivity index (χ1n) is 5.33. The third-order valence-corrected chi connectivity index (χ3v) is 4.48. The molecule has 10 heteroatoms. The fourth-order valence-corrected chi connectivity index (χ4v) is 2.91. The van der Waals surface area contributed by atoms with E-state index in [4.69, 9.17) is 5.73 Å². The van der Waals surface area contributed by atoms with Crippen molar-refractivity contribution < 1.29 is 21.6 Å². The van der Waals surface area contributed by atoms with Gasteiger partial charge in [0.25, 0.3) is 0 Å². The van der Waals surface area contributed by atoms with Crippen LogP contribution in [0.25, 0.3) is 0 Å². The minimum atomic E-state index is -4.44. The summed E-state index contributed by atoms with van der Waals surface area (Å²) in [5.74, 6) is 0. The van der Waals surface area contributed by atoms with Crippen LogP contribution >= 0.6 is 12.2 Å². The van der Waals surface area contributed by atoms with Crippen molar-refractivity contribution in [2.24, 2.45) is 5.73 Å². The monoisotopic (exact) mass is 327 g/mol. The number of aromatic nitrogens is 1. The maximum atomic E-state index is 12.2. The molecule has 112 valence electrons. The first-order valence-corrected chi connectivity index (χ1v) is 7.18. The van der Waals surface area contributed by atoms with Crippen molar-refractivity contribution in [1.82, 2.24) is 9.29 Å². The SMILES string of the molecule is CN(CCC(F)(F)F)S(=O)(=O)c1cccnc1C(N)=S. The van der Waals surface area contributed by atoms with E-state index in [0.717, 1.165) is 7.05 Å². The lowest BCUT2D eigenvalue weighted by atomic mass is 10.3. The van der Waals surface area contributed by atoms with Gasteiger partial charge >= 0.3 is 6.18 Å². The highest BCUT2D eigenvalue weighted by molar-refractivity contribution is 7.89. The molecule has 0 fully saturated rings. The summed E-state index contributed by atoms with van der Waals surface area (Å²) in [6.07, 6.45) is -4.39. The quantitative estimate of drug-likeness (QED) is 0.825. The predicted octanol–water partition coefficient (Wildman–Crippen LogP) is 1.29. The summed E-state index contributed by atoms with van der Waals surface area (Å²) >= 11 is 4.68. The van der Waals surface area contributed by atoms with Crippen LogP contribution in [0.15, 0.2) is 23.2 Å². The molecular formula is C10H12F3N3O2S2. The molecule has 0 unspecified atom stereocenters. The zero-order valence-electron chi connectivity index (χ0n) is 10.4. The molecule has 1 heterocycles. The van der Waals surface area contributed by atoms with Crippen LogP contribution in [0.5, 0.6) is 0 Å². The number of alkyl halides is 3. The first kappa shape index (κ1) is 16.8. The molecule has 0 aromatic carbocycles. The minimum absolute atomic E-state index is 0.138. The molecule has 0 aliphatic carbocycles. The smallest absolute Gasteiger partial charge is 0.388 e. The second-order valence-corrected chi connectivity index (χ2v) is 6.36. The zero-order valence-corrected chi connectivity index (χ0v) is 12.0. The number of thiocarbonyl (C=S) groups is 1. The molecular weight excluding hydrogens is 315 g/mol. The number of sulfonamides is 1. The van der Waals surface area contributed by atoms with Gasteiger partial charge in [0.15, 0.2) is 0 Å². The molecule has 0 amide bonds. The predicted molar refractivity (Wildman–Crippen MR) is 70.6 cm³/mol. The molecule has 1 aromatic rings. The Bertz CT molecular complexity index is 602. The van der Waals surface area contributed by atoms with E-state index in [2.05, 4.69) is 17.2 Å². The van der Waals surface area contributed by atoms with Crippen LogP contribution in [0.3, 0.4) is 0 Å². The topological polar surface area (TPSA) is 76.3 Å². The van der Waals surface area contributed by atoms with E-state index < -0.39 is 29.2 Å². The number of hydrogen-bond acceptors (Lipinski definition) is 4. The van der Waals surface area contributed by atoms with Crippen LogP contribution in [0.1, 0.15) is 12.1 Å². The Labute approximate surface area is 119 Å². The van der Waals surface area contributed by atoms with Crippen molar-refractivity contribution in [2.45, 2.75) is 17.5 Å². The van der Waals surface area contributed by atoms with E-state index >= 15 is 0 Å². The molecule has 0 radical (unpaired) electrons. The molecule has 1 rings (SSSR count). The van der Waals surface area contributed by atoms with Crippen LogP contribution in [0.2, 0.25) is 0 Å². The highest BCUT2D eigenvalue weighted by Gasteiger charge is 2.31. The second-order valence-electron chi connectivity index (χ2n) is 3.91. The zero-order chi connectivity index (χ0) is 15.6. The Morgan fingerprint density at radius 2 is 2.10 bits per heavy atom. The molecule has 0 aliphatic heterocycles. The molecule has 0 aliphatic rings. The maximum Gasteiger partial charge on any atom is 0.390 e. The van der Waals surface area contributed by atoms with E-state index in [9.17, 15) is 21.6 Å². The van der Waals surface area contributed by atoms with Crippen LogP contribution < -0.4 is 5.73 Å². The number of nitrogens with two attached hydrogens (primary N) is 1. The third kappa shape index (κ3) is 4.12. The Balaban J connectivity index is 3.08. The minimum Gasteiger partial charge on any atom is -0.388 e. The van der Waals surface area contributed by atoms with Crippen molar-refractivity contribution >= 4 is 27.2 Å². The molecule has 0 bridgehead atoms. The highest BCUT2D eigenvalue weighted by Crippen LogP contribution is 2.22. The van der Waals surface area contributed by atoms with E-state index in [1.165, 1.54) is 18.3 Å². The fraction of sp³-hybridized carbons (Fsp3) is 0.400. The van der Waals surface area contributed by atoms with Crippen molar-refractivity contribution in [3.63, 3.8) is 0 Å². The van der Waals surface area contributed by atoms with Crippen LogP contribution in [-0.4, -0.2) is 42.5 Å². The standard InChI is InChI=1S/C10H12F3N3O2S2/c1-16(6-4-10(11,12)13)20(17,18)7-3-2-5-15-8(7)9(14)19/h2-3,5H,4,6H2,1H3,(H2,14,19). The van der Waals surface area contributed by atoms with Gasteiger partial charge in [0, 0.05) is 19.8 Å². The molecule has 0 spiro atoms. The van der Waals surface area contributed by atoms with Crippen molar-refractivity contribution in [2.75, 3.05) is 13.6 Å². The summed E-state index contributed by atoms with van der Waals surface area (Å²) in [6, 6.07) is 2.53. The Morgan fingerprint density at radius 3 is 2.60 bits per heavy atom. The largest absolute Gasteiger partial charge is 0.390 e. The van der Waals surface area contributed by atoms with Gasteiger partial charge in [-0.1, -0.05) is 12.2 Å². The van der Waals surface area contributed by atoms with Gasteiger partial charge in [0.1, 0.15) is 15.6 Å². The molecule has 0 saturated carbocycles. The van der Waals surface area contributed by atoms with Gasteiger partial charge in [-0.3, -0.25) is 4.98 Å². The van der Waals surface area contributed by atoms with Crippen LogP contribution in [-0.2, 0) is 10.0 Å². The molecule has 1 aromatic heterocycles. The number of halogens is 3. The van der Waals surface area contributed by atoms with E-state index in [-0.39, 0.29) is 15.6 Å². The number of pyridine rings is 1. The van der Waals surface area contributed by atoms with Gasteiger partial charge in [-0.2, -0.15) is 13.2 Å². The third-order valence-electron chi connectivity index (χ3n) is 2.40. The van der Waals surface area contributed by atoms with Crippen LogP contribution in [0, 0.1) is 0 Å². The Hall–Kier alpha value is -1.26. The van der Waals surface area contributed by atoms with Gasteiger partial charge in [-0.05, 0) is 12.1 Å². The van der Waals surface area contributed by atoms with E-state index in [1.807, 2.05) is 0 Å². The lowest BCUT2D eigenvalue weighted by Crippen LogP contribution is -2.32. The van der Waals surface area contributed by atoms with Crippen molar-refractivity contribution in [1.29, 1.82) is 0 Å². The molecule has 5 nitrogen and oxygen atoms in total. The Kier molecular flexibility index (Phi) is 5.05. The maximum absolute atomic E-state index is 12.2. The fourth-order valence-electron chi connectivity index (χ4n) is 1.36. The summed E-state index contributed by atoms with van der Waals surface area (Å²) in [4.78, 5) is 3.19. The van der Waals surface area contributed by atoms with Crippen LogP contribution in [0.4, 0.5) is 13.2 Å². The summed E-state index contributed by atoms with van der Waals surface area (Å²) in [6.45, 7) is -0.697. The summed E-state index contributed by atoms with van der Waals surface area (Å²) < 4.78 is 61.4. The number of hydrogen-bond donors (Lipinski definition) is 1. The summed E-state index contributed by atoms with van der Waals surface area (Å²) in [5.41, 5.74) is 5.22. The number of nitrogens with zero attached hydrogens (tertiary/aromatic N) is 2. The lowest BCUT2D eigenvalue weighted by molar-refractivity contribution is -0.135. The average Bonchev–Trinajstić information content (AvgIpc) is 2.34. The summed E-state index contributed by atoms with van der Waals surface area (Å²) in [5, 5.41) is 0. The van der Waals surface area contributed by atoms with Gasteiger partial charge in [0.05, 0.1) is 6.42 Å². The average molecular weight is 327 g/mol.